The van der Waals surface area contributed by atoms with E-state index in [0.29, 0.717) is 25.1 Å². The number of amides is 1. The van der Waals surface area contributed by atoms with Crippen LogP contribution >= 0.6 is 12.4 Å². The zero-order chi connectivity index (χ0) is 13.0. The van der Waals surface area contributed by atoms with E-state index in [1.807, 2.05) is 0 Å². The van der Waals surface area contributed by atoms with E-state index in [4.69, 9.17) is 4.74 Å². The van der Waals surface area contributed by atoms with E-state index in [0.717, 1.165) is 12.3 Å². The van der Waals surface area contributed by atoms with Crippen LogP contribution in [0.4, 0.5) is 0 Å². The van der Waals surface area contributed by atoms with E-state index in [9.17, 15) is 4.79 Å². The minimum Gasteiger partial charge on any atom is -0.384 e. The first-order valence-electron chi connectivity index (χ1n) is 7.23. The van der Waals surface area contributed by atoms with Crippen molar-refractivity contribution in [2.45, 2.75) is 51.1 Å². The summed E-state index contributed by atoms with van der Waals surface area (Å²) in [5.41, 5.74) is 0. The normalized spacial score (nSPS) is 31.2. The molecule has 1 saturated carbocycles. The van der Waals surface area contributed by atoms with E-state index < -0.39 is 0 Å². The van der Waals surface area contributed by atoms with Gasteiger partial charge in [0.2, 0.25) is 5.91 Å². The molecule has 0 aromatic heterocycles. The summed E-state index contributed by atoms with van der Waals surface area (Å²) in [4.78, 5) is 12.1. The predicted molar refractivity (Wildman–Crippen MR) is 78.6 cm³/mol. The summed E-state index contributed by atoms with van der Waals surface area (Å²) < 4.78 is 5.07. The van der Waals surface area contributed by atoms with Crippen LogP contribution in [0.1, 0.15) is 39.0 Å². The van der Waals surface area contributed by atoms with Gasteiger partial charge in [0.1, 0.15) is 0 Å². The molecule has 4 unspecified atom stereocenters. The first kappa shape index (κ1) is 16.7. The number of halogens is 1. The molecule has 1 amide bonds. The maximum atomic E-state index is 12.1. The Morgan fingerprint density at radius 3 is 2.84 bits per heavy atom. The van der Waals surface area contributed by atoms with Crippen LogP contribution in [0.3, 0.4) is 0 Å². The SMILES string of the molecule is COCC(C)CNC(=O)C1CC2CCCCC2N1.Cl. The molecule has 0 aromatic carbocycles. The van der Waals surface area contributed by atoms with Crippen molar-refractivity contribution in [1.29, 1.82) is 0 Å². The Morgan fingerprint density at radius 2 is 2.16 bits per heavy atom. The molecule has 0 aromatic rings. The highest BCUT2D eigenvalue weighted by Crippen LogP contribution is 2.33. The van der Waals surface area contributed by atoms with Crippen molar-refractivity contribution in [3.63, 3.8) is 0 Å². The van der Waals surface area contributed by atoms with Crippen LogP contribution in [0, 0.1) is 11.8 Å². The van der Waals surface area contributed by atoms with Gasteiger partial charge in [0.15, 0.2) is 0 Å². The highest BCUT2D eigenvalue weighted by molar-refractivity contribution is 5.85. The number of fused-ring (bicyclic) bond motifs is 1. The molecule has 1 aliphatic carbocycles. The summed E-state index contributed by atoms with van der Waals surface area (Å²) in [6.07, 6.45) is 6.21. The Kier molecular flexibility index (Phi) is 7.11. The first-order valence-corrected chi connectivity index (χ1v) is 7.23. The molecular weight excluding hydrogens is 264 g/mol. The standard InChI is InChI=1S/C14H26N2O2.ClH/c1-10(9-18-2)8-15-14(17)13-7-11-5-3-4-6-12(11)16-13;/h10-13,16H,3-9H2,1-2H3,(H,15,17);1H. The topological polar surface area (TPSA) is 50.4 Å². The number of rotatable bonds is 5. The van der Waals surface area contributed by atoms with E-state index in [2.05, 4.69) is 17.6 Å². The van der Waals surface area contributed by atoms with Crippen LogP contribution < -0.4 is 10.6 Å². The average Bonchev–Trinajstić information content (AvgIpc) is 2.80. The van der Waals surface area contributed by atoms with Gasteiger partial charge in [-0.25, -0.2) is 0 Å². The molecule has 2 N–H and O–H groups in total. The molecule has 1 saturated heterocycles. The minimum absolute atomic E-state index is 0. The minimum atomic E-state index is 0. The fourth-order valence-electron chi connectivity index (χ4n) is 3.26. The fraction of sp³-hybridized carbons (Fsp3) is 0.929. The van der Waals surface area contributed by atoms with Crippen LogP contribution in [-0.2, 0) is 9.53 Å². The van der Waals surface area contributed by atoms with Crippen LogP contribution in [0.2, 0.25) is 0 Å². The lowest BCUT2D eigenvalue weighted by Crippen LogP contribution is -2.44. The van der Waals surface area contributed by atoms with Gasteiger partial charge in [0, 0.05) is 19.7 Å². The van der Waals surface area contributed by atoms with Gasteiger partial charge in [-0.05, 0) is 31.1 Å². The molecule has 4 nitrogen and oxygen atoms in total. The highest BCUT2D eigenvalue weighted by Gasteiger charge is 2.37. The monoisotopic (exact) mass is 290 g/mol. The van der Waals surface area contributed by atoms with Crippen LogP contribution in [0.5, 0.6) is 0 Å². The van der Waals surface area contributed by atoms with E-state index >= 15 is 0 Å². The average molecular weight is 291 g/mol. The molecule has 1 aliphatic heterocycles. The summed E-state index contributed by atoms with van der Waals surface area (Å²) in [6, 6.07) is 0.624. The molecule has 4 atom stereocenters. The summed E-state index contributed by atoms with van der Waals surface area (Å²) in [7, 11) is 1.70. The van der Waals surface area contributed by atoms with Gasteiger partial charge < -0.3 is 15.4 Å². The maximum absolute atomic E-state index is 12.1. The highest BCUT2D eigenvalue weighted by atomic mass is 35.5. The molecule has 19 heavy (non-hydrogen) atoms. The van der Waals surface area contributed by atoms with E-state index in [1.165, 1.54) is 25.7 Å². The van der Waals surface area contributed by atoms with Gasteiger partial charge in [-0.2, -0.15) is 0 Å². The first-order chi connectivity index (χ1) is 8.70. The number of hydrogen-bond donors (Lipinski definition) is 2. The van der Waals surface area contributed by atoms with Gasteiger partial charge in [-0.3, -0.25) is 4.79 Å². The lowest BCUT2D eigenvalue weighted by Gasteiger charge is -2.24. The molecule has 1 heterocycles. The maximum Gasteiger partial charge on any atom is 0.237 e. The molecule has 2 fully saturated rings. The third-order valence-electron chi connectivity index (χ3n) is 4.26. The van der Waals surface area contributed by atoms with Crippen LogP contribution in [-0.4, -0.2) is 38.3 Å². The van der Waals surface area contributed by atoms with Gasteiger partial charge in [0.25, 0.3) is 0 Å². The Hall–Kier alpha value is -0.320. The molecule has 2 rings (SSSR count). The quantitative estimate of drug-likeness (QED) is 0.811. The second kappa shape index (κ2) is 8.08. The molecule has 0 radical (unpaired) electrons. The van der Waals surface area contributed by atoms with Crippen molar-refractivity contribution in [3.05, 3.63) is 0 Å². The van der Waals surface area contributed by atoms with Crippen molar-refractivity contribution in [2.24, 2.45) is 11.8 Å². The number of carbonyl (C=O) groups excluding carboxylic acids is 1. The largest absolute Gasteiger partial charge is 0.384 e. The van der Waals surface area contributed by atoms with Crippen LogP contribution in [0.15, 0.2) is 0 Å². The van der Waals surface area contributed by atoms with Gasteiger partial charge in [0.05, 0.1) is 12.6 Å². The van der Waals surface area contributed by atoms with Crippen molar-refractivity contribution < 1.29 is 9.53 Å². The Morgan fingerprint density at radius 1 is 1.42 bits per heavy atom. The molecule has 112 valence electrons. The Bertz CT molecular complexity index is 275. The molecule has 5 heteroatoms. The number of hydrogen-bond acceptors (Lipinski definition) is 3. The Labute approximate surface area is 122 Å². The lowest BCUT2D eigenvalue weighted by atomic mass is 9.85. The zero-order valence-electron chi connectivity index (χ0n) is 12.0. The molecule has 0 spiro atoms. The van der Waals surface area contributed by atoms with Crippen molar-refractivity contribution in [2.75, 3.05) is 20.3 Å². The number of ether oxygens (including phenoxy) is 1. The van der Waals surface area contributed by atoms with Crippen LogP contribution in [0.25, 0.3) is 0 Å². The molecule has 0 bridgehead atoms. The Balaban J connectivity index is 0.00000180. The number of carbonyl (C=O) groups is 1. The second-order valence-corrected chi connectivity index (χ2v) is 5.91. The number of methoxy groups -OCH3 is 1. The zero-order valence-corrected chi connectivity index (χ0v) is 12.8. The van der Waals surface area contributed by atoms with Gasteiger partial charge in [-0.15, -0.1) is 12.4 Å². The smallest absolute Gasteiger partial charge is 0.237 e. The third-order valence-corrected chi connectivity index (χ3v) is 4.26. The number of nitrogens with one attached hydrogen (secondary N) is 2. The van der Waals surface area contributed by atoms with E-state index in [1.54, 1.807) is 7.11 Å². The summed E-state index contributed by atoms with van der Waals surface area (Å²) >= 11 is 0. The van der Waals surface area contributed by atoms with Crippen molar-refractivity contribution in [3.8, 4) is 0 Å². The van der Waals surface area contributed by atoms with Crippen molar-refractivity contribution >= 4 is 18.3 Å². The summed E-state index contributed by atoms with van der Waals surface area (Å²) in [5, 5.41) is 6.54. The van der Waals surface area contributed by atoms with Gasteiger partial charge >= 0.3 is 0 Å². The molecular formula is C14H27ClN2O2. The fourth-order valence-corrected chi connectivity index (χ4v) is 3.26. The lowest BCUT2D eigenvalue weighted by molar-refractivity contribution is -0.123. The molecule has 2 aliphatic rings. The second-order valence-electron chi connectivity index (χ2n) is 5.91. The summed E-state index contributed by atoms with van der Waals surface area (Å²) in [5.74, 6) is 1.28. The summed E-state index contributed by atoms with van der Waals surface area (Å²) in [6.45, 7) is 3.50. The van der Waals surface area contributed by atoms with Gasteiger partial charge in [-0.1, -0.05) is 19.8 Å². The predicted octanol–water partition coefficient (Wildman–Crippen LogP) is 1.73. The van der Waals surface area contributed by atoms with E-state index in [-0.39, 0.29) is 24.4 Å². The van der Waals surface area contributed by atoms with Crippen molar-refractivity contribution in [1.82, 2.24) is 10.6 Å². The third kappa shape index (κ3) is 4.62.